The summed E-state index contributed by atoms with van der Waals surface area (Å²) in [6.45, 7) is 6.43. The molecule has 1 fully saturated rings. The van der Waals surface area contributed by atoms with E-state index in [0.717, 1.165) is 0 Å². The third-order valence-corrected chi connectivity index (χ3v) is 3.40. The van der Waals surface area contributed by atoms with E-state index in [0.29, 0.717) is 6.04 Å². The van der Waals surface area contributed by atoms with Crippen LogP contribution in [-0.4, -0.2) is 18.0 Å². The molecule has 1 nitrogen and oxygen atoms in total. The van der Waals surface area contributed by atoms with Gasteiger partial charge in [-0.15, -0.1) is 6.58 Å². The molecule has 0 aliphatic carbocycles. The third-order valence-electron chi connectivity index (χ3n) is 3.40. The summed E-state index contributed by atoms with van der Waals surface area (Å²) >= 11 is 0. The smallest absolute Gasteiger partial charge is 0.0528 e. The predicted molar refractivity (Wildman–Crippen MR) is 69.4 cm³/mol. The minimum Gasteiger partial charge on any atom is -0.293 e. The lowest BCUT2D eigenvalue weighted by molar-refractivity contribution is 0.241. The number of likely N-dealkylation sites (tertiary alicyclic amines) is 1. The van der Waals surface area contributed by atoms with Gasteiger partial charge in [0, 0.05) is 0 Å². The Bertz CT molecular complexity index is 309. The zero-order chi connectivity index (χ0) is 11.2. The Balaban J connectivity index is 2.12. The van der Waals surface area contributed by atoms with Crippen LogP contribution in [-0.2, 0) is 0 Å². The minimum absolute atomic E-state index is 0.402. The van der Waals surface area contributed by atoms with Crippen LogP contribution in [0.2, 0.25) is 0 Å². The van der Waals surface area contributed by atoms with Crippen LogP contribution in [0.4, 0.5) is 0 Å². The van der Waals surface area contributed by atoms with Crippen LogP contribution in [0.25, 0.3) is 0 Å². The average molecular weight is 215 g/mol. The molecule has 1 atom stereocenters. The van der Waals surface area contributed by atoms with Crippen molar-refractivity contribution in [3.8, 4) is 0 Å². The second-order valence-corrected chi connectivity index (χ2v) is 4.54. The first kappa shape index (κ1) is 11.4. The fourth-order valence-electron chi connectivity index (χ4n) is 2.52. The Morgan fingerprint density at radius 2 is 1.62 bits per heavy atom. The van der Waals surface area contributed by atoms with Gasteiger partial charge in [0.2, 0.25) is 0 Å². The van der Waals surface area contributed by atoms with E-state index in [-0.39, 0.29) is 0 Å². The normalized spacial score (nSPS) is 20.0. The monoisotopic (exact) mass is 215 g/mol. The topological polar surface area (TPSA) is 3.24 Å². The van der Waals surface area contributed by atoms with Crippen LogP contribution < -0.4 is 0 Å². The highest BCUT2D eigenvalue weighted by Crippen LogP contribution is 2.24. The first-order valence-corrected chi connectivity index (χ1v) is 6.33. The van der Waals surface area contributed by atoms with Gasteiger partial charge in [-0.1, -0.05) is 49.2 Å². The third kappa shape index (κ3) is 2.73. The van der Waals surface area contributed by atoms with E-state index < -0.39 is 0 Å². The summed E-state index contributed by atoms with van der Waals surface area (Å²) in [5.74, 6) is 0. The fraction of sp³-hybridized carbons (Fsp3) is 0.467. The first-order valence-electron chi connectivity index (χ1n) is 6.33. The van der Waals surface area contributed by atoms with Gasteiger partial charge in [0.25, 0.3) is 0 Å². The number of nitrogens with zero attached hydrogens (tertiary/aromatic N) is 1. The second-order valence-electron chi connectivity index (χ2n) is 4.54. The van der Waals surface area contributed by atoms with Crippen molar-refractivity contribution in [3.05, 3.63) is 48.6 Å². The molecule has 0 N–H and O–H groups in total. The van der Waals surface area contributed by atoms with E-state index in [1.807, 2.05) is 0 Å². The van der Waals surface area contributed by atoms with Gasteiger partial charge in [0.15, 0.2) is 0 Å². The van der Waals surface area contributed by atoms with E-state index in [1.54, 1.807) is 0 Å². The molecule has 1 saturated heterocycles. The maximum Gasteiger partial charge on any atom is 0.0528 e. The molecule has 1 aromatic carbocycles. The van der Waals surface area contributed by atoms with E-state index >= 15 is 0 Å². The van der Waals surface area contributed by atoms with Crippen molar-refractivity contribution < 1.29 is 0 Å². The molecule has 16 heavy (non-hydrogen) atoms. The maximum atomic E-state index is 4.00. The number of hydrogen-bond acceptors (Lipinski definition) is 1. The molecule has 86 valence electrons. The summed E-state index contributed by atoms with van der Waals surface area (Å²) in [5.41, 5.74) is 1.37. The molecule has 0 bridgehead atoms. The largest absolute Gasteiger partial charge is 0.293 e. The summed E-state index contributed by atoms with van der Waals surface area (Å²) in [6.07, 6.45) is 7.51. The molecule has 0 unspecified atom stereocenters. The second kappa shape index (κ2) is 5.86. The lowest BCUT2D eigenvalue weighted by Gasteiger charge is -2.28. The van der Waals surface area contributed by atoms with Crippen LogP contribution in [0.1, 0.15) is 37.3 Å². The summed E-state index contributed by atoms with van der Waals surface area (Å²) in [5, 5.41) is 0. The minimum atomic E-state index is 0.402. The Hall–Kier alpha value is -1.08. The van der Waals surface area contributed by atoms with Crippen LogP contribution in [0.5, 0.6) is 0 Å². The molecule has 1 aliphatic rings. The zero-order valence-electron chi connectivity index (χ0n) is 9.94. The Kier molecular flexibility index (Phi) is 4.17. The predicted octanol–water partition coefficient (Wildman–Crippen LogP) is 3.79. The molecule has 0 saturated carbocycles. The van der Waals surface area contributed by atoms with Crippen molar-refractivity contribution in [2.45, 2.75) is 31.7 Å². The average Bonchev–Trinajstić information content (AvgIpc) is 2.61. The molecule has 0 amide bonds. The van der Waals surface area contributed by atoms with Crippen molar-refractivity contribution in [3.63, 3.8) is 0 Å². The maximum absolute atomic E-state index is 4.00. The van der Waals surface area contributed by atoms with Crippen LogP contribution in [0.15, 0.2) is 43.0 Å². The lowest BCUT2D eigenvalue weighted by atomic mass is 10.1. The fourth-order valence-corrected chi connectivity index (χ4v) is 2.52. The van der Waals surface area contributed by atoms with Crippen molar-refractivity contribution in [1.82, 2.24) is 4.90 Å². The molecular formula is C15H21N. The van der Waals surface area contributed by atoms with Gasteiger partial charge in [-0.05, 0) is 31.5 Å². The SMILES string of the molecule is C=C[C@H](c1ccccc1)N1CCCCCC1. The highest BCUT2D eigenvalue weighted by atomic mass is 15.1. The summed E-state index contributed by atoms with van der Waals surface area (Å²) < 4.78 is 0. The number of hydrogen-bond donors (Lipinski definition) is 0. The van der Waals surface area contributed by atoms with Gasteiger partial charge < -0.3 is 0 Å². The molecule has 0 aromatic heterocycles. The standard InChI is InChI=1S/C15H21N/c1-2-15(14-10-6-5-7-11-14)16-12-8-3-4-9-13-16/h2,5-7,10-11,15H,1,3-4,8-9,12-13H2/t15-/m1/s1. The highest BCUT2D eigenvalue weighted by molar-refractivity contribution is 5.22. The van der Waals surface area contributed by atoms with Gasteiger partial charge in [-0.3, -0.25) is 4.90 Å². The summed E-state index contributed by atoms with van der Waals surface area (Å²) in [6, 6.07) is 11.1. The van der Waals surface area contributed by atoms with Gasteiger partial charge in [0.1, 0.15) is 0 Å². The molecule has 0 radical (unpaired) electrons. The molecule has 1 aromatic rings. The summed E-state index contributed by atoms with van der Waals surface area (Å²) in [7, 11) is 0. The highest BCUT2D eigenvalue weighted by Gasteiger charge is 2.17. The van der Waals surface area contributed by atoms with Gasteiger partial charge in [-0.25, -0.2) is 0 Å². The van der Waals surface area contributed by atoms with E-state index in [2.05, 4.69) is 47.9 Å². The van der Waals surface area contributed by atoms with Gasteiger partial charge >= 0.3 is 0 Å². The Morgan fingerprint density at radius 3 is 2.19 bits per heavy atom. The quantitative estimate of drug-likeness (QED) is 0.693. The molecule has 1 heterocycles. The van der Waals surface area contributed by atoms with Crippen LogP contribution >= 0.6 is 0 Å². The zero-order valence-corrected chi connectivity index (χ0v) is 9.94. The Morgan fingerprint density at radius 1 is 1.00 bits per heavy atom. The lowest BCUT2D eigenvalue weighted by Crippen LogP contribution is -2.28. The van der Waals surface area contributed by atoms with E-state index in [4.69, 9.17) is 0 Å². The van der Waals surface area contributed by atoms with Gasteiger partial charge in [-0.2, -0.15) is 0 Å². The molecule has 1 aliphatic heterocycles. The van der Waals surface area contributed by atoms with Crippen LogP contribution in [0, 0.1) is 0 Å². The van der Waals surface area contributed by atoms with Crippen molar-refractivity contribution >= 4 is 0 Å². The molecular weight excluding hydrogens is 194 g/mol. The molecule has 2 rings (SSSR count). The van der Waals surface area contributed by atoms with Crippen molar-refractivity contribution in [2.75, 3.05) is 13.1 Å². The summed E-state index contributed by atoms with van der Waals surface area (Å²) in [4.78, 5) is 2.56. The molecule has 1 heteroatoms. The first-order chi connectivity index (χ1) is 7.92. The van der Waals surface area contributed by atoms with Gasteiger partial charge in [0.05, 0.1) is 6.04 Å². The van der Waals surface area contributed by atoms with Crippen molar-refractivity contribution in [1.29, 1.82) is 0 Å². The number of rotatable bonds is 3. The molecule has 0 spiro atoms. The van der Waals surface area contributed by atoms with Crippen molar-refractivity contribution in [2.24, 2.45) is 0 Å². The van der Waals surface area contributed by atoms with E-state index in [1.165, 1.54) is 44.3 Å². The van der Waals surface area contributed by atoms with E-state index in [9.17, 15) is 0 Å². The Labute approximate surface area is 98.8 Å². The number of benzene rings is 1. The van der Waals surface area contributed by atoms with Crippen LogP contribution in [0.3, 0.4) is 0 Å².